The summed E-state index contributed by atoms with van der Waals surface area (Å²) in [4.78, 5) is 39.5. The molecule has 2 amide bonds. The minimum absolute atomic E-state index is 0. The fraction of sp³-hybridized carbons (Fsp3) is 0.155. The summed E-state index contributed by atoms with van der Waals surface area (Å²) < 4.78 is 30.1. The molecule has 0 spiro atoms. The van der Waals surface area contributed by atoms with Crippen LogP contribution in [0.25, 0.3) is 95.3 Å². The molecule has 0 aliphatic carbocycles. The van der Waals surface area contributed by atoms with Gasteiger partial charge in [0.2, 0.25) is 0 Å². The SMILES string of the molecule is CCN1C(=O)/C(=C\C2=CC3SC(c4sc(-c5ccc6c(/C=C(\Cc7ccccc7)c7ccccc7)c7ccc(-c8sc(-c9cc%10sc(/C=C%11/SC(=S)N(CC)C%11=O)cc%10s9)c9c8OCCO9)cc7c(-c7ccccc7)c6c5)c5c4OCCO5)=CC3S2)SC1=S.[HH].[HH]. The van der Waals surface area contributed by atoms with Crippen molar-refractivity contribution < 1.29 is 31.4 Å². The third-order valence-corrected chi connectivity index (χ3v) is 26.8. The Hall–Kier alpha value is -6.68. The molecule has 0 radical (unpaired) electrons. The van der Waals surface area contributed by atoms with Crippen molar-refractivity contribution in [2.45, 2.75) is 30.8 Å². The van der Waals surface area contributed by atoms with Crippen molar-refractivity contribution in [3.05, 3.63) is 199 Å². The standard InChI is InChI=1S/C71H50N2O6S10.2H2/c1-3-72-68(74)57(86-70(72)80)34-44-32-51-53(82-44)36-55(84-51)66-62-60(76-24-26-78-62)64(88-66)41-20-22-46-48(31-43(39-16-10-6-11-17-39)28-38-14-8-5-9-15-38)47-23-21-42(30-50(47)59(49(46)29-41)40-18-12-7-13-19-40)65-61-63(79-27-25-77-61)67(89-65)56-37-54-52(85-56)33-45(83-54)35-58-69(75)73(4-2)71(81)87-58;;/h5-23,29-37,51,53H,3-4,24-28H2,1-2H3;2*1H/b43-31+,57-34+,58-35+;;. The molecule has 8 nitrogen and oxygen atoms in total. The van der Waals surface area contributed by atoms with Crippen molar-refractivity contribution in [1.82, 2.24) is 9.80 Å². The number of rotatable bonds is 13. The lowest BCUT2D eigenvalue weighted by atomic mass is 9.85. The van der Waals surface area contributed by atoms with Gasteiger partial charge in [0.1, 0.15) is 35.1 Å². The monoisotopic (exact) mass is 1350 g/mol. The summed E-state index contributed by atoms with van der Waals surface area (Å²) in [6.45, 7) is 6.87. The molecule has 2 atom stereocenters. The Morgan fingerprint density at radius 2 is 1.09 bits per heavy atom. The number of thiophene rings is 4. The average molecular weight is 1350 g/mol. The van der Waals surface area contributed by atoms with E-state index in [0.717, 1.165) is 122 Å². The van der Waals surface area contributed by atoms with Crippen LogP contribution in [0.2, 0.25) is 0 Å². The van der Waals surface area contributed by atoms with E-state index in [4.69, 9.17) is 43.4 Å². The summed E-state index contributed by atoms with van der Waals surface area (Å²) in [6.07, 6.45) is 11.8. The zero-order valence-corrected chi connectivity index (χ0v) is 55.9. The summed E-state index contributed by atoms with van der Waals surface area (Å²) in [6, 6.07) is 50.7. The molecule has 18 heteroatoms. The molecule has 16 rings (SSSR count). The number of amides is 2. The van der Waals surface area contributed by atoms with Crippen LogP contribution in [-0.4, -0.2) is 80.3 Å². The number of nitrogens with zero attached hydrogens (tertiary/aromatic N) is 2. The minimum atomic E-state index is -0.0301. The quantitative estimate of drug-likeness (QED) is 0.0477. The summed E-state index contributed by atoms with van der Waals surface area (Å²) in [7, 11) is 0. The molecular formula is C71H54N2O6S10. The van der Waals surface area contributed by atoms with E-state index in [2.05, 4.69) is 158 Å². The maximum Gasteiger partial charge on any atom is 0.266 e. The number of carbonyl (C=O) groups excluding carboxylic acids is 2. The molecule has 10 heterocycles. The molecule has 89 heavy (non-hydrogen) atoms. The normalized spacial score (nSPS) is 19.1. The van der Waals surface area contributed by atoms with E-state index in [-0.39, 0.29) is 25.2 Å². The van der Waals surface area contributed by atoms with Crippen molar-refractivity contribution in [2.24, 2.45) is 0 Å². The molecule has 0 saturated carbocycles. The van der Waals surface area contributed by atoms with Crippen LogP contribution >= 0.6 is 117 Å². The van der Waals surface area contributed by atoms with Crippen LogP contribution in [0.5, 0.6) is 23.0 Å². The Morgan fingerprint density at radius 1 is 0.551 bits per heavy atom. The number of hydrogen-bond acceptors (Lipinski definition) is 16. The van der Waals surface area contributed by atoms with Crippen molar-refractivity contribution >= 4 is 191 Å². The maximum absolute atomic E-state index is 13.1. The first kappa shape index (κ1) is 57.5. The van der Waals surface area contributed by atoms with Crippen molar-refractivity contribution in [3.63, 3.8) is 0 Å². The largest absolute Gasteiger partial charge is 0.485 e. The second-order valence-corrected chi connectivity index (χ2v) is 31.8. The van der Waals surface area contributed by atoms with Gasteiger partial charge in [0.15, 0.2) is 23.0 Å². The Morgan fingerprint density at radius 3 is 1.67 bits per heavy atom. The maximum atomic E-state index is 13.1. The first-order valence-electron chi connectivity index (χ1n) is 29.2. The van der Waals surface area contributed by atoms with Gasteiger partial charge in [0, 0.05) is 50.5 Å². The van der Waals surface area contributed by atoms with Gasteiger partial charge < -0.3 is 18.9 Å². The first-order chi connectivity index (χ1) is 43.6. The predicted octanol–water partition coefficient (Wildman–Crippen LogP) is 20.3. The zero-order chi connectivity index (χ0) is 60.0. The van der Waals surface area contributed by atoms with Crippen molar-refractivity contribution in [1.29, 1.82) is 0 Å². The number of ether oxygens (including phenoxy) is 4. The topological polar surface area (TPSA) is 77.5 Å². The van der Waals surface area contributed by atoms with E-state index in [1.54, 1.807) is 66.9 Å². The van der Waals surface area contributed by atoms with Crippen LogP contribution in [0.1, 0.15) is 43.1 Å². The number of benzene rings is 6. The number of thiocarbonyl (C=S) groups is 2. The highest BCUT2D eigenvalue weighted by Crippen LogP contribution is 2.61. The van der Waals surface area contributed by atoms with Crippen LogP contribution in [-0.2, 0) is 16.0 Å². The number of allylic oxidation sites excluding steroid dienone is 2. The second-order valence-electron chi connectivity index (χ2n) is 21.7. The minimum Gasteiger partial charge on any atom is -0.485 e. The Labute approximate surface area is 560 Å². The molecule has 2 unspecified atom stereocenters. The highest BCUT2D eigenvalue weighted by atomic mass is 32.2. The van der Waals surface area contributed by atoms with Gasteiger partial charge in [-0.2, -0.15) is 0 Å². The van der Waals surface area contributed by atoms with Gasteiger partial charge in [-0.1, -0.05) is 175 Å². The average Bonchev–Trinajstić information content (AvgIpc) is 1.38. The number of hydrogen-bond donors (Lipinski definition) is 0. The predicted molar refractivity (Wildman–Crippen MR) is 393 cm³/mol. The Kier molecular flexibility index (Phi) is 15.4. The number of likely N-dealkylation sites (N-methyl/N-ethyl adjacent to an activating group) is 2. The van der Waals surface area contributed by atoms with E-state index < -0.39 is 0 Å². The van der Waals surface area contributed by atoms with E-state index in [1.807, 2.05) is 37.8 Å². The molecule has 6 aliphatic rings. The van der Waals surface area contributed by atoms with Crippen LogP contribution in [0.3, 0.4) is 0 Å². The Balaban J connectivity index is 0.00000361. The van der Waals surface area contributed by atoms with Crippen molar-refractivity contribution in [2.75, 3.05) is 39.5 Å². The first-order valence-corrected chi connectivity index (χ1v) is 36.7. The smallest absolute Gasteiger partial charge is 0.266 e. The molecule has 2 saturated heterocycles. The van der Waals surface area contributed by atoms with Gasteiger partial charge in [-0.05, 0) is 129 Å². The van der Waals surface area contributed by atoms with E-state index in [9.17, 15) is 9.59 Å². The van der Waals surface area contributed by atoms with E-state index in [1.165, 1.54) is 45.1 Å². The molecule has 4 aromatic heterocycles. The van der Waals surface area contributed by atoms with Gasteiger partial charge in [0.25, 0.3) is 11.8 Å². The van der Waals surface area contributed by atoms with Crippen molar-refractivity contribution in [3.8, 4) is 64.8 Å². The van der Waals surface area contributed by atoms with E-state index >= 15 is 0 Å². The summed E-state index contributed by atoms with van der Waals surface area (Å²) in [5.74, 6) is 3.09. The highest BCUT2D eigenvalue weighted by Gasteiger charge is 2.39. The molecule has 6 aromatic carbocycles. The lowest BCUT2D eigenvalue weighted by Gasteiger charge is -2.20. The van der Waals surface area contributed by atoms with Gasteiger partial charge in [-0.3, -0.25) is 19.4 Å². The zero-order valence-electron chi connectivity index (χ0n) is 47.7. The molecule has 6 aliphatic heterocycles. The van der Waals surface area contributed by atoms with Gasteiger partial charge >= 0.3 is 0 Å². The number of carbonyl (C=O) groups is 2. The molecular weight excluding hydrogens is 1300 g/mol. The molecule has 0 bridgehead atoms. The summed E-state index contributed by atoms with van der Waals surface area (Å²) >= 11 is 24.3. The third kappa shape index (κ3) is 10.4. The molecule has 0 N–H and O–H groups in total. The fourth-order valence-electron chi connectivity index (χ4n) is 12.2. The Bertz CT molecular complexity index is 4780. The van der Waals surface area contributed by atoms with Crippen LogP contribution in [0.15, 0.2) is 172 Å². The lowest BCUT2D eigenvalue weighted by Crippen LogP contribution is -2.27. The molecule has 2 fully saturated rings. The van der Waals surface area contributed by atoms with Gasteiger partial charge in [-0.15, -0.1) is 68.9 Å². The summed E-state index contributed by atoms with van der Waals surface area (Å²) in [5, 5.41) is 4.94. The van der Waals surface area contributed by atoms with Crippen LogP contribution in [0, 0.1) is 0 Å². The molecule has 444 valence electrons. The van der Waals surface area contributed by atoms with Crippen LogP contribution < -0.4 is 18.9 Å². The summed E-state index contributed by atoms with van der Waals surface area (Å²) in [5.41, 5.74) is 9.09. The van der Waals surface area contributed by atoms with Gasteiger partial charge in [-0.25, -0.2) is 0 Å². The highest BCUT2D eigenvalue weighted by molar-refractivity contribution is 8.27. The molecule has 10 aromatic rings. The van der Waals surface area contributed by atoms with E-state index in [0.29, 0.717) is 58.0 Å². The number of fused-ring (bicyclic) bond motifs is 6. The van der Waals surface area contributed by atoms with Gasteiger partial charge in [0.05, 0.1) is 34.2 Å². The third-order valence-electron chi connectivity index (χ3n) is 16.3. The van der Waals surface area contributed by atoms with Crippen LogP contribution in [0.4, 0.5) is 0 Å². The second kappa shape index (κ2) is 23.8. The lowest BCUT2D eigenvalue weighted by molar-refractivity contribution is -0.122. The fourth-order valence-corrected chi connectivity index (χ4v) is 22.9. The number of thioether (sulfide) groups is 4.